The van der Waals surface area contributed by atoms with Gasteiger partial charge >= 0.3 is 6.09 Å². The standard InChI is InChI=1S/C12H15NO3/c1-3-9-5-4-6-10(7-9)11(14)8(2)13-12(15)16/h4-8,13H,3H2,1-2H3,(H,15,16). The fourth-order valence-corrected chi connectivity index (χ4v) is 1.45. The highest BCUT2D eigenvalue weighted by Gasteiger charge is 2.16. The molecule has 2 N–H and O–H groups in total. The van der Waals surface area contributed by atoms with E-state index in [9.17, 15) is 9.59 Å². The molecular weight excluding hydrogens is 206 g/mol. The molecule has 0 radical (unpaired) electrons. The number of hydrogen-bond acceptors (Lipinski definition) is 2. The number of nitrogens with one attached hydrogen (secondary N) is 1. The zero-order valence-electron chi connectivity index (χ0n) is 9.36. The highest BCUT2D eigenvalue weighted by Crippen LogP contribution is 2.08. The van der Waals surface area contributed by atoms with Gasteiger partial charge in [0.05, 0.1) is 6.04 Å². The molecule has 0 saturated carbocycles. The lowest BCUT2D eigenvalue weighted by molar-refractivity contribution is 0.0945. The number of hydrogen-bond donors (Lipinski definition) is 2. The van der Waals surface area contributed by atoms with Crippen LogP contribution in [0.2, 0.25) is 0 Å². The van der Waals surface area contributed by atoms with E-state index in [1.165, 1.54) is 6.92 Å². The highest BCUT2D eigenvalue weighted by atomic mass is 16.4. The van der Waals surface area contributed by atoms with Crippen molar-refractivity contribution in [1.29, 1.82) is 0 Å². The highest BCUT2D eigenvalue weighted by molar-refractivity contribution is 6.01. The van der Waals surface area contributed by atoms with Crippen LogP contribution in [0.4, 0.5) is 4.79 Å². The van der Waals surface area contributed by atoms with Crippen molar-refractivity contribution >= 4 is 11.9 Å². The first-order valence-electron chi connectivity index (χ1n) is 5.17. The van der Waals surface area contributed by atoms with Gasteiger partial charge in [-0.3, -0.25) is 4.79 Å². The zero-order valence-corrected chi connectivity index (χ0v) is 9.36. The van der Waals surface area contributed by atoms with Gasteiger partial charge in [-0.15, -0.1) is 0 Å². The first-order chi connectivity index (χ1) is 7.54. The Balaban J connectivity index is 2.83. The van der Waals surface area contributed by atoms with Crippen LogP contribution in [0.5, 0.6) is 0 Å². The second-order valence-electron chi connectivity index (χ2n) is 3.59. The molecule has 16 heavy (non-hydrogen) atoms. The van der Waals surface area contributed by atoms with Crippen LogP contribution in [0.1, 0.15) is 29.8 Å². The van der Waals surface area contributed by atoms with E-state index in [1.54, 1.807) is 18.2 Å². The molecule has 1 amide bonds. The molecule has 1 atom stereocenters. The fourth-order valence-electron chi connectivity index (χ4n) is 1.45. The van der Waals surface area contributed by atoms with Crippen LogP contribution in [-0.4, -0.2) is 23.0 Å². The van der Waals surface area contributed by atoms with Crippen molar-refractivity contribution in [1.82, 2.24) is 5.32 Å². The molecular formula is C12H15NO3. The van der Waals surface area contributed by atoms with Gasteiger partial charge in [0.2, 0.25) is 0 Å². The molecule has 0 aromatic heterocycles. The third-order valence-corrected chi connectivity index (χ3v) is 2.35. The Morgan fingerprint density at radius 1 is 1.44 bits per heavy atom. The lowest BCUT2D eigenvalue weighted by Crippen LogP contribution is -2.37. The molecule has 0 fully saturated rings. The van der Waals surface area contributed by atoms with Crippen molar-refractivity contribution in [3.63, 3.8) is 0 Å². The van der Waals surface area contributed by atoms with Crippen molar-refractivity contribution in [3.05, 3.63) is 35.4 Å². The van der Waals surface area contributed by atoms with E-state index in [4.69, 9.17) is 5.11 Å². The number of aryl methyl sites for hydroxylation is 1. The molecule has 0 heterocycles. The summed E-state index contributed by atoms with van der Waals surface area (Å²) < 4.78 is 0. The molecule has 0 aliphatic heterocycles. The summed E-state index contributed by atoms with van der Waals surface area (Å²) in [4.78, 5) is 22.2. The lowest BCUT2D eigenvalue weighted by Gasteiger charge is -2.10. The maximum atomic E-state index is 11.8. The van der Waals surface area contributed by atoms with Gasteiger partial charge in [0.15, 0.2) is 5.78 Å². The minimum absolute atomic E-state index is 0.210. The van der Waals surface area contributed by atoms with Gasteiger partial charge in [0.1, 0.15) is 0 Å². The molecule has 0 bridgehead atoms. The number of benzene rings is 1. The van der Waals surface area contributed by atoms with Crippen LogP contribution in [0.15, 0.2) is 24.3 Å². The zero-order chi connectivity index (χ0) is 12.1. The Bertz CT molecular complexity index is 401. The molecule has 0 saturated heterocycles. The van der Waals surface area contributed by atoms with Gasteiger partial charge in [0.25, 0.3) is 0 Å². The quantitative estimate of drug-likeness (QED) is 0.765. The number of ketones is 1. The van der Waals surface area contributed by atoms with Gasteiger partial charge in [-0.1, -0.05) is 25.1 Å². The second kappa shape index (κ2) is 5.30. The molecule has 4 nitrogen and oxygen atoms in total. The summed E-state index contributed by atoms with van der Waals surface area (Å²) in [5.74, 6) is -0.210. The van der Waals surface area contributed by atoms with Crippen LogP contribution in [0.25, 0.3) is 0 Å². The summed E-state index contributed by atoms with van der Waals surface area (Å²) in [6.07, 6.45) is -0.338. The van der Waals surface area contributed by atoms with Crippen LogP contribution < -0.4 is 5.32 Å². The summed E-state index contributed by atoms with van der Waals surface area (Å²) in [6.45, 7) is 3.54. The topological polar surface area (TPSA) is 66.4 Å². The number of amides is 1. The largest absolute Gasteiger partial charge is 0.465 e. The number of carboxylic acid groups (broad SMARTS) is 1. The van der Waals surface area contributed by atoms with Crippen molar-refractivity contribution < 1.29 is 14.7 Å². The number of rotatable bonds is 4. The Kier molecular flexibility index (Phi) is 4.05. The Morgan fingerprint density at radius 3 is 2.69 bits per heavy atom. The van der Waals surface area contributed by atoms with E-state index in [1.807, 2.05) is 13.0 Å². The van der Waals surface area contributed by atoms with Crippen LogP contribution in [0, 0.1) is 0 Å². The normalized spacial score (nSPS) is 11.9. The third kappa shape index (κ3) is 3.08. The Labute approximate surface area is 94.3 Å². The van der Waals surface area contributed by atoms with E-state index in [0.717, 1.165) is 12.0 Å². The monoisotopic (exact) mass is 221 g/mol. The van der Waals surface area contributed by atoms with Gasteiger partial charge in [-0.25, -0.2) is 4.79 Å². The van der Waals surface area contributed by atoms with E-state index in [2.05, 4.69) is 5.32 Å². The van der Waals surface area contributed by atoms with Crippen molar-refractivity contribution in [2.24, 2.45) is 0 Å². The van der Waals surface area contributed by atoms with Gasteiger partial charge in [-0.2, -0.15) is 0 Å². The molecule has 1 aromatic rings. The lowest BCUT2D eigenvalue weighted by atomic mass is 10.0. The molecule has 4 heteroatoms. The average molecular weight is 221 g/mol. The minimum atomic E-state index is -1.19. The summed E-state index contributed by atoms with van der Waals surface area (Å²) in [7, 11) is 0. The van der Waals surface area contributed by atoms with Crippen molar-refractivity contribution in [3.8, 4) is 0 Å². The first-order valence-corrected chi connectivity index (χ1v) is 5.17. The van der Waals surface area contributed by atoms with Gasteiger partial charge < -0.3 is 10.4 Å². The van der Waals surface area contributed by atoms with E-state index in [-0.39, 0.29) is 5.78 Å². The van der Waals surface area contributed by atoms with Gasteiger partial charge in [0, 0.05) is 5.56 Å². The number of carbonyl (C=O) groups excluding carboxylic acids is 1. The maximum absolute atomic E-state index is 11.8. The maximum Gasteiger partial charge on any atom is 0.405 e. The van der Waals surface area contributed by atoms with Crippen LogP contribution >= 0.6 is 0 Å². The predicted octanol–water partition coefficient (Wildman–Crippen LogP) is 2.09. The molecule has 0 aliphatic carbocycles. The minimum Gasteiger partial charge on any atom is -0.465 e. The van der Waals surface area contributed by atoms with Crippen molar-refractivity contribution in [2.75, 3.05) is 0 Å². The summed E-state index contributed by atoms with van der Waals surface area (Å²) >= 11 is 0. The third-order valence-electron chi connectivity index (χ3n) is 2.35. The van der Waals surface area contributed by atoms with E-state index < -0.39 is 12.1 Å². The molecule has 0 aliphatic rings. The molecule has 1 aromatic carbocycles. The smallest absolute Gasteiger partial charge is 0.405 e. The van der Waals surface area contributed by atoms with Crippen LogP contribution in [-0.2, 0) is 6.42 Å². The molecule has 1 unspecified atom stereocenters. The first kappa shape index (κ1) is 12.2. The Hall–Kier alpha value is -1.84. The van der Waals surface area contributed by atoms with E-state index in [0.29, 0.717) is 5.56 Å². The van der Waals surface area contributed by atoms with Crippen LogP contribution in [0.3, 0.4) is 0 Å². The molecule has 0 spiro atoms. The van der Waals surface area contributed by atoms with Crippen molar-refractivity contribution in [2.45, 2.75) is 26.3 Å². The molecule has 86 valence electrons. The average Bonchev–Trinajstić information content (AvgIpc) is 2.27. The SMILES string of the molecule is CCc1cccc(C(=O)C(C)NC(=O)O)c1. The van der Waals surface area contributed by atoms with Gasteiger partial charge in [-0.05, 0) is 25.0 Å². The number of Topliss-reactive ketones (excluding diaryl/α,β-unsaturated/α-hetero) is 1. The van der Waals surface area contributed by atoms with E-state index >= 15 is 0 Å². The Morgan fingerprint density at radius 2 is 2.12 bits per heavy atom. The fraction of sp³-hybridized carbons (Fsp3) is 0.333. The number of carbonyl (C=O) groups is 2. The molecule has 1 rings (SSSR count). The summed E-state index contributed by atoms with van der Waals surface area (Å²) in [6, 6.07) is 6.51. The predicted molar refractivity (Wildman–Crippen MR) is 60.8 cm³/mol. The summed E-state index contributed by atoms with van der Waals surface area (Å²) in [5, 5.41) is 10.7. The summed E-state index contributed by atoms with van der Waals surface area (Å²) in [5.41, 5.74) is 1.61. The second-order valence-corrected chi connectivity index (χ2v) is 3.59.